The summed E-state index contributed by atoms with van der Waals surface area (Å²) in [6.07, 6.45) is 2.35. The van der Waals surface area contributed by atoms with Crippen LogP contribution in [0.1, 0.15) is 18.9 Å². The van der Waals surface area contributed by atoms with E-state index < -0.39 is 0 Å². The van der Waals surface area contributed by atoms with Gasteiger partial charge in [-0.3, -0.25) is 5.41 Å². The first-order chi connectivity index (χ1) is 8.09. The highest BCUT2D eigenvalue weighted by Crippen LogP contribution is 2.26. The van der Waals surface area contributed by atoms with E-state index in [0.29, 0.717) is 5.56 Å². The Hall–Kier alpha value is -1.62. The quantitative estimate of drug-likeness (QED) is 0.527. The van der Waals surface area contributed by atoms with Crippen LogP contribution < -0.4 is 10.6 Å². The predicted octanol–water partition coefficient (Wildman–Crippen LogP) is 0.573. The van der Waals surface area contributed by atoms with Crippen LogP contribution in [0.2, 0.25) is 0 Å². The average molecular weight is 234 g/mol. The third-order valence-electron chi connectivity index (χ3n) is 3.28. The lowest BCUT2D eigenvalue weighted by Gasteiger charge is -2.20. The van der Waals surface area contributed by atoms with Gasteiger partial charge >= 0.3 is 0 Å². The number of aliphatic hydroxyl groups is 1. The van der Waals surface area contributed by atoms with Crippen molar-refractivity contribution in [1.29, 1.82) is 5.41 Å². The summed E-state index contributed by atoms with van der Waals surface area (Å²) in [4.78, 5) is 6.39. The van der Waals surface area contributed by atoms with Crippen molar-refractivity contribution in [3.8, 4) is 0 Å². The summed E-state index contributed by atoms with van der Waals surface area (Å²) < 4.78 is 0. The van der Waals surface area contributed by atoms with Crippen molar-refractivity contribution in [1.82, 2.24) is 4.98 Å². The topological polar surface area (TPSA) is 86.2 Å². The summed E-state index contributed by atoms with van der Waals surface area (Å²) in [5.74, 6) is 1.06. The molecule has 2 unspecified atom stereocenters. The van der Waals surface area contributed by atoms with E-state index >= 15 is 0 Å². The minimum absolute atomic E-state index is 0.0357. The Morgan fingerprint density at radius 3 is 3.06 bits per heavy atom. The Morgan fingerprint density at radius 1 is 1.71 bits per heavy atom. The van der Waals surface area contributed by atoms with Crippen molar-refractivity contribution >= 4 is 11.7 Å². The fraction of sp³-hybridized carbons (Fsp3) is 0.500. The van der Waals surface area contributed by atoms with Gasteiger partial charge in [-0.15, -0.1) is 0 Å². The first-order valence-electron chi connectivity index (χ1n) is 5.82. The number of hydrogen-bond donors (Lipinski definition) is 3. The zero-order chi connectivity index (χ0) is 12.4. The van der Waals surface area contributed by atoms with Crippen LogP contribution in [0, 0.1) is 11.3 Å². The lowest BCUT2D eigenvalue weighted by molar-refractivity contribution is 0.136. The first kappa shape index (κ1) is 11.9. The Bertz CT molecular complexity index is 419. The van der Waals surface area contributed by atoms with Crippen LogP contribution in [0.3, 0.4) is 0 Å². The summed E-state index contributed by atoms with van der Waals surface area (Å²) in [6.45, 7) is 3.44. The summed E-state index contributed by atoms with van der Waals surface area (Å²) in [5, 5.41) is 17.1. The van der Waals surface area contributed by atoms with Crippen LogP contribution >= 0.6 is 0 Å². The maximum atomic E-state index is 9.58. The Balaban J connectivity index is 2.21. The molecular weight excluding hydrogens is 216 g/mol. The van der Waals surface area contributed by atoms with Gasteiger partial charge in [0.2, 0.25) is 0 Å². The number of pyridine rings is 1. The van der Waals surface area contributed by atoms with Gasteiger partial charge in [0.15, 0.2) is 0 Å². The standard InChI is InChI=1S/C12H18N4O/c1-8(17)9-4-6-16(7-9)12-10(11(13)14)3-2-5-15-12/h2-3,5,8-9,17H,4,6-7H2,1H3,(H3,13,14). The molecular formula is C12H18N4O. The molecule has 1 aromatic rings. The van der Waals surface area contributed by atoms with E-state index in [4.69, 9.17) is 11.1 Å². The molecule has 1 saturated heterocycles. The van der Waals surface area contributed by atoms with E-state index in [1.54, 1.807) is 18.3 Å². The summed E-state index contributed by atoms with van der Waals surface area (Å²) in [7, 11) is 0. The largest absolute Gasteiger partial charge is 0.393 e. The molecule has 0 saturated carbocycles. The van der Waals surface area contributed by atoms with E-state index in [0.717, 1.165) is 25.3 Å². The van der Waals surface area contributed by atoms with Crippen molar-refractivity contribution in [2.45, 2.75) is 19.4 Å². The zero-order valence-electron chi connectivity index (χ0n) is 9.93. The molecule has 0 spiro atoms. The molecule has 0 aromatic carbocycles. The number of nitrogens with two attached hydrogens (primary N) is 1. The number of nitrogens with one attached hydrogen (secondary N) is 1. The van der Waals surface area contributed by atoms with Crippen molar-refractivity contribution in [2.75, 3.05) is 18.0 Å². The molecule has 1 aromatic heterocycles. The number of aliphatic hydroxyl groups excluding tert-OH is 1. The maximum absolute atomic E-state index is 9.58. The molecule has 1 aliphatic heterocycles. The minimum atomic E-state index is -0.301. The third kappa shape index (κ3) is 2.39. The van der Waals surface area contributed by atoms with Crippen LogP contribution in [0.15, 0.2) is 18.3 Å². The Morgan fingerprint density at radius 2 is 2.47 bits per heavy atom. The monoisotopic (exact) mass is 234 g/mol. The van der Waals surface area contributed by atoms with Crippen molar-refractivity contribution in [3.05, 3.63) is 23.9 Å². The van der Waals surface area contributed by atoms with Crippen LogP contribution in [-0.2, 0) is 0 Å². The number of anilines is 1. The number of aromatic nitrogens is 1. The predicted molar refractivity (Wildman–Crippen MR) is 67.3 cm³/mol. The van der Waals surface area contributed by atoms with Gasteiger partial charge in [-0.2, -0.15) is 0 Å². The molecule has 2 heterocycles. The molecule has 2 rings (SSSR count). The number of amidine groups is 1. The third-order valence-corrected chi connectivity index (χ3v) is 3.28. The second-order valence-corrected chi connectivity index (χ2v) is 4.52. The van der Waals surface area contributed by atoms with Gasteiger partial charge in [0.25, 0.3) is 0 Å². The van der Waals surface area contributed by atoms with E-state index in [2.05, 4.69) is 9.88 Å². The minimum Gasteiger partial charge on any atom is -0.393 e. The van der Waals surface area contributed by atoms with Gasteiger partial charge in [-0.25, -0.2) is 4.98 Å². The first-order valence-corrected chi connectivity index (χ1v) is 5.82. The second kappa shape index (κ2) is 4.71. The lowest BCUT2D eigenvalue weighted by Crippen LogP contribution is -2.27. The van der Waals surface area contributed by atoms with E-state index in [-0.39, 0.29) is 17.9 Å². The van der Waals surface area contributed by atoms with E-state index in [1.807, 2.05) is 6.92 Å². The average Bonchev–Trinajstić information content (AvgIpc) is 2.78. The van der Waals surface area contributed by atoms with Gasteiger partial charge in [0.1, 0.15) is 11.7 Å². The molecule has 0 radical (unpaired) electrons. The zero-order valence-corrected chi connectivity index (χ0v) is 9.93. The smallest absolute Gasteiger partial charge is 0.139 e. The molecule has 0 aliphatic carbocycles. The molecule has 1 fully saturated rings. The highest BCUT2D eigenvalue weighted by atomic mass is 16.3. The molecule has 0 bridgehead atoms. The fourth-order valence-electron chi connectivity index (χ4n) is 2.23. The van der Waals surface area contributed by atoms with Crippen molar-refractivity contribution in [2.24, 2.45) is 11.7 Å². The number of hydrogen-bond acceptors (Lipinski definition) is 4. The molecule has 5 heteroatoms. The van der Waals surface area contributed by atoms with Gasteiger partial charge in [-0.1, -0.05) is 0 Å². The van der Waals surface area contributed by atoms with Crippen molar-refractivity contribution in [3.63, 3.8) is 0 Å². The van der Waals surface area contributed by atoms with Gasteiger partial charge < -0.3 is 15.7 Å². The molecule has 0 amide bonds. The Labute approximate surface area is 101 Å². The van der Waals surface area contributed by atoms with Crippen LogP contribution in [0.5, 0.6) is 0 Å². The fourth-order valence-corrected chi connectivity index (χ4v) is 2.23. The number of rotatable bonds is 3. The summed E-state index contributed by atoms with van der Waals surface area (Å²) >= 11 is 0. The molecule has 1 aliphatic rings. The molecule has 17 heavy (non-hydrogen) atoms. The summed E-state index contributed by atoms with van der Waals surface area (Å²) in [6, 6.07) is 3.59. The van der Waals surface area contributed by atoms with Crippen LogP contribution in [-0.4, -0.2) is 35.1 Å². The normalized spacial score (nSPS) is 21.5. The van der Waals surface area contributed by atoms with Gasteiger partial charge in [0, 0.05) is 25.2 Å². The summed E-state index contributed by atoms with van der Waals surface area (Å²) in [5.41, 5.74) is 6.21. The van der Waals surface area contributed by atoms with Crippen LogP contribution in [0.4, 0.5) is 5.82 Å². The lowest BCUT2D eigenvalue weighted by atomic mass is 10.0. The van der Waals surface area contributed by atoms with Gasteiger partial charge in [0.05, 0.1) is 11.7 Å². The highest BCUT2D eigenvalue weighted by molar-refractivity contribution is 5.99. The van der Waals surface area contributed by atoms with Gasteiger partial charge in [-0.05, 0) is 25.5 Å². The number of nitrogens with zero attached hydrogens (tertiary/aromatic N) is 2. The molecule has 92 valence electrons. The Kier molecular flexibility index (Phi) is 3.28. The van der Waals surface area contributed by atoms with E-state index in [1.165, 1.54) is 0 Å². The molecule has 5 nitrogen and oxygen atoms in total. The highest BCUT2D eigenvalue weighted by Gasteiger charge is 2.28. The van der Waals surface area contributed by atoms with Crippen LogP contribution in [0.25, 0.3) is 0 Å². The molecule has 2 atom stereocenters. The molecule has 4 N–H and O–H groups in total. The maximum Gasteiger partial charge on any atom is 0.139 e. The van der Waals surface area contributed by atoms with Crippen molar-refractivity contribution < 1.29 is 5.11 Å². The SMILES string of the molecule is CC(O)C1CCN(c2ncccc2C(=N)N)C1. The second-order valence-electron chi connectivity index (χ2n) is 4.52. The number of nitrogen functional groups attached to an aromatic ring is 1. The van der Waals surface area contributed by atoms with E-state index in [9.17, 15) is 5.11 Å².